The topological polar surface area (TPSA) is 85.9 Å². The highest BCUT2D eigenvalue weighted by Gasteiger charge is 2.18. The van der Waals surface area contributed by atoms with Gasteiger partial charge < -0.3 is 24.8 Å². The molecule has 0 saturated carbocycles. The average molecular weight is 373 g/mol. The van der Waals surface area contributed by atoms with Gasteiger partial charge in [-0.2, -0.15) is 0 Å². The molecule has 0 radical (unpaired) electrons. The molecular formula is C17H25ClN2O5. The van der Waals surface area contributed by atoms with Gasteiger partial charge >= 0.3 is 5.97 Å². The van der Waals surface area contributed by atoms with Gasteiger partial charge in [-0.05, 0) is 45.0 Å². The van der Waals surface area contributed by atoms with Crippen molar-refractivity contribution in [2.24, 2.45) is 0 Å². The van der Waals surface area contributed by atoms with Gasteiger partial charge in [-0.1, -0.05) is 0 Å². The molecule has 2 N–H and O–H groups in total. The van der Waals surface area contributed by atoms with Crippen molar-refractivity contribution < 1.29 is 23.8 Å². The van der Waals surface area contributed by atoms with Crippen LogP contribution >= 0.6 is 12.4 Å². The zero-order valence-corrected chi connectivity index (χ0v) is 15.3. The van der Waals surface area contributed by atoms with Crippen molar-refractivity contribution in [1.82, 2.24) is 10.6 Å². The van der Waals surface area contributed by atoms with Crippen LogP contribution in [0, 0.1) is 0 Å². The minimum absolute atomic E-state index is 0. The number of piperidine rings is 1. The molecule has 25 heavy (non-hydrogen) atoms. The lowest BCUT2D eigenvalue weighted by Crippen LogP contribution is -2.42. The van der Waals surface area contributed by atoms with Gasteiger partial charge in [0.1, 0.15) is 11.5 Å². The number of nitrogens with one attached hydrogen (secondary N) is 2. The number of carbonyl (C=O) groups excluding carboxylic acids is 2. The number of hydrogen-bond acceptors (Lipinski definition) is 6. The van der Waals surface area contributed by atoms with Crippen LogP contribution in [0.3, 0.4) is 0 Å². The van der Waals surface area contributed by atoms with Crippen molar-refractivity contribution in [2.45, 2.75) is 25.8 Å². The number of halogens is 1. The third-order valence-corrected chi connectivity index (χ3v) is 3.71. The summed E-state index contributed by atoms with van der Waals surface area (Å²) >= 11 is 0. The van der Waals surface area contributed by atoms with Crippen molar-refractivity contribution in [3.8, 4) is 11.5 Å². The first-order chi connectivity index (χ1) is 11.6. The van der Waals surface area contributed by atoms with E-state index in [0.29, 0.717) is 23.7 Å². The lowest BCUT2D eigenvalue weighted by atomic mass is 10.1. The van der Waals surface area contributed by atoms with E-state index in [-0.39, 0.29) is 31.0 Å². The van der Waals surface area contributed by atoms with E-state index in [9.17, 15) is 9.59 Å². The summed E-state index contributed by atoms with van der Waals surface area (Å²) in [7, 11) is 1.51. The van der Waals surface area contributed by atoms with Crippen LogP contribution in [0.15, 0.2) is 18.2 Å². The van der Waals surface area contributed by atoms with Crippen LogP contribution in [-0.2, 0) is 9.53 Å². The summed E-state index contributed by atoms with van der Waals surface area (Å²) < 4.78 is 15.4. The highest BCUT2D eigenvalue weighted by Crippen LogP contribution is 2.23. The van der Waals surface area contributed by atoms with E-state index in [4.69, 9.17) is 14.2 Å². The summed E-state index contributed by atoms with van der Waals surface area (Å²) in [4.78, 5) is 23.8. The summed E-state index contributed by atoms with van der Waals surface area (Å²) in [5, 5.41) is 6.27. The molecule has 1 aliphatic heterocycles. The monoisotopic (exact) mass is 372 g/mol. The van der Waals surface area contributed by atoms with Crippen LogP contribution in [0.1, 0.15) is 30.1 Å². The van der Waals surface area contributed by atoms with Gasteiger partial charge in [-0.25, -0.2) is 4.79 Å². The van der Waals surface area contributed by atoms with Crippen LogP contribution in [0.25, 0.3) is 0 Å². The highest BCUT2D eigenvalue weighted by molar-refractivity contribution is 5.95. The molecule has 0 unspecified atom stereocenters. The van der Waals surface area contributed by atoms with Crippen molar-refractivity contribution in [1.29, 1.82) is 0 Å². The van der Waals surface area contributed by atoms with Crippen molar-refractivity contribution in [3.05, 3.63) is 23.8 Å². The lowest BCUT2D eigenvalue weighted by Gasteiger charge is -2.23. The molecule has 0 atom stereocenters. The quantitative estimate of drug-likeness (QED) is 0.706. The molecule has 1 aromatic carbocycles. The van der Waals surface area contributed by atoms with Crippen LogP contribution in [-0.4, -0.2) is 51.3 Å². The Hall–Kier alpha value is -1.99. The van der Waals surface area contributed by atoms with Crippen molar-refractivity contribution in [2.75, 3.05) is 33.4 Å². The van der Waals surface area contributed by atoms with Crippen molar-refractivity contribution >= 4 is 24.3 Å². The van der Waals surface area contributed by atoms with Gasteiger partial charge in [0.25, 0.3) is 5.91 Å². The maximum absolute atomic E-state index is 12.4. The van der Waals surface area contributed by atoms with E-state index in [2.05, 4.69) is 10.6 Å². The third-order valence-electron chi connectivity index (χ3n) is 3.71. The zero-order chi connectivity index (χ0) is 17.4. The standard InChI is InChI=1S/C17H24N2O5.ClH/c1-3-23-16(20)11-24-15-9-12(8-14(10-15)22-2)17(21)19-13-4-6-18-7-5-13;/h8-10,13,18H,3-7,11H2,1-2H3,(H,19,21);1H. The SMILES string of the molecule is CCOC(=O)COc1cc(OC)cc(C(=O)NC2CCNCC2)c1.Cl. The van der Waals surface area contributed by atoms with E-state index < -0.39 is 5.97 Å². The maximum atomic E-state index is 12.4. The Bertz CT molecular complexity index is 576. The van der Waals surface area contributed by atoms with Crippen LogP contribution in [0.2, 0.25) is 0 Å². The fourth-order valence-electron chi connectivity index (χ4n) is 2.48. The predicted molar refractivity (Wildman–Crippen MR) is 95.7 cm³/mol. The Kier molecular flexibility index (Phi) is 9.08. The Morgan fingerprint density at radius 3 is 2.52 bits per heavy atom. The number of amides is 1. The fraction of sp³-hybridized carbons (Fsp3) is 0.529. The van der Waals surface area contributed by atoms with Gasteiger partial charge in [0.05, 0.1) is 13.7 Å². The number of methoxy groups -OCH3 is 1. The number of ether oxygens (including phenoxy) is 3. The molecule has 1 aliphatic rings. The second-order valence-corrected chi connectivity index (χ2v) is 5.49. The largest absolute Gasteiger partial charge is 0.497 e. The van der Waals surface area contributed by atoms with Gasteiger partial charge in [0, 0.05) is 17.7 Å². The van der Waals surface area contributed by atoms with Crippen LogP contribution < -0.4 is 20.1 Å². The van der Waals surface area contributed by atoms with Crippen LogP contribution in [0.4, 0.5) is 0 Å². The molecule has 0 bridgehead atoms. The Labute approximate surface area is 153 Å². The minimum Gasteiger partial charge on any atom is -0.497 e. The molecule has 140 valence electrons. The summed E-state index contributed by atoms with van der Waals surface area (Å²) in [6, 6.07) is 5.03. The van der Waals surface area contributed by atoms with Gasteiger partial charge in [-0.3, -0.25) is 4.79 Å². The van der Waals surface area contributed by atoms with Crippen molar-refractivity contribution in [3.63, 3.8) is 0 Å². The number of benzene rings is 1. The molecule has 1 saturated heterocycles. The molecule has 8 heteroatoms. The average Bonchev–Trinajstić information content (AvgIpc) is 2.60. The number of hydrogen-bond donors (Lipinski definition) is 2. The Balaban J connectivity index is 0.00000312. The minimum atomic E-state index is -0.457. The summed E-state index contributed by atoms with van der Waals surface area (Å²) in [6.07, 6.45) is 1.81. The molecule has 0 aromatic heterocycles. The third kappa shape index (κ3) is 6.80. The molecule has 2 rings (SSSR count). The smallest absolute Gasteiger partial charge is 0.344 e. The highest BCUT2D eigenvalue weighted by atomic mass is 35.5. The van der Waals surface area contributed by atoms with E-state index in [0.717, 1.165) is 25.9 Å². The molecule has 0 aliphatic carbocycles. The summed E-state index contributed by atoms with van der Waals surface area (Å²) in [5.41, 5.74) is 0.437. The van der Waals surface area contributed by atoms with E-state index in [1.54, 1.807) is 25.1 Å². The molecular weight excluding hydrogens is 348 g/mol. The van der Waals surface area contributed by atoms with Gasteiger partial charge in [-0.15, -0.1) is 12.4 Å². The Morgan fingerprint density at radius 2 is 1.88 bits per heavy atom. The molecule has 7 nitrogen and oxygen atoms in total. The first-order valence-electron chi connectivity index (χ1n) is 8.11. The van der Waals surface area contributed by atoms with Gasteiger partial charge in [0.2, 0.25) is 0 Å². The summed E-state index contributed by atoms with van der Waals surface area (Å²) in [5.74, 6) is 0.243. The fourth-order valence-corrected chi connectivity index (χ4v) is 2.48. The predicted octanol–water partition coefficient (Wildman–Crippen LogP) is 1.54. The first kappa shape index (κ1) is 21.1. The molecule has 1 fully saturated rings. The molecule has 1 aromatic rings. The molecule has 1 amide bonds. The van der Waals surface area contributed by atoms with Gasteiger partial charge in [0.15, 0.2) is 6.61 Å². The summed E-state index contributed by atoms with van der Waals surface area (Å²) in [6.45, 7) is 3.61. The number of esters is 1. The molecule has 1 heterocycles. The second-order valence-electron chi connectivity index (χ2n) is 5.49. The van der Waals surface area contributed by atoms with E-state index >= 15 is 0 Å². The number of rotatable bonds is 7. The number of carbonyl (C=O) groups is 2. The zero-order valence-electron chi connectivity index (χ0n) is 14.5. The maximum Gasteiger partial charge on any atom is 0.344 e. The second kappa shape index (κ2) is 10.8. The molecule has 0 spiro atoms. The Morgan fingerprint density at radius 1 is 1.20 bits per heavy atom. The van der Waals surface area contributed by atoms with E-state index in [1.807, 2.05) is 0 Å². The van der Waals surface area contributed by atoms with E-state index in [1.165, 1.54) is 7.11 Å². The first-order valence-corrected chi connectivity index (χ1v) is 8.11. The normalized spacial score (nSPS) is 14.2. The van der Waals surface area contributed by atoms with Crippen LogP contribution in [0.5, 0.6) is 11.5 Å². The lowest BCUT2D eigenvalue weighted by molar-refractivity contribution is -0.145.